The van der Waals surface area contributed by atoms with E-state index in [1.807, 2.05) is 0 Å². The smallest absolute Gasteiger partial charge is 0.306 e. The Kier molecular flexibility index (Phi) is 64.7. The summed E-state index contributed by atoms with van der Waals surface area (Å²) in [4.78, 5) is 38.3. The Morgan fingerprint density at radius 2 is 0.519 bits per heavy atom. The lowest BCUT2D eigenvalue weighted by Crippen LogP contribution is -2.30. The number of allylic oxidation sites excluding steroid dienone is 12. The third-order valence-corrected chi connectivity index (χ3v) is 15.2. The zero-order valence-electron chi connectivity index (χ0n) is 52.6. The monoisotopic (exact) mass is 1100 g/mol. The molecule has 0 aliphatic rings. The summed E-state index contributed by atoms with van der Waals surface area (Å²) < 4.78 is 16.9. The predicted molar refractivity (Wildman–Crippen MR) is 344 cm³/mol. The van der Waals surface area contributed by atoms with E-state index in [9.17, 15) is 14.4 Å². The number of unbranched alkanes of at least 4 members (excludes halogenated alkanes) is 40. The van der Waals surface area contributed by atoms with Crippen LogP contribution in [-0.4, -0.2) is 37.2 Å². The van der Waals surface area contributed by atoms with Crippen molar-refractivity contribution in [3.63, 3.8) is 0 Å². The van der Waals surface area contributed by atoms with E-state index in [1.165, 1.54) is 212 Å². The van der Waals surface area contributed by atoms with Crippen LogP contribution in [0.4, 0.5) is 0 Å². The van der Waals surface area contributed by atoms with E-state index in [0.29, 0.717) is 19.3 Å². The Hall–Kier alpha value is -3.15. The average Bonchev–Trinajstić information content (AvgIpc) is 3.45. The second-order valence-electron chi connectivity index (χ2n) is 23.1. The highest BCUT2D eigenvalue weighted by atomic mass is 16.6. The van der Waals surface area contributed by atoms with Gasteiger partial charge in [-0.3, -0.25) is 14.4 Å². The normalized spacial score (nSPS) is 12.5. The topological polar surface area (TPSA) is 78.9 Å². The van der Waals surface area contributed by atoms with Crippen LogP contribution >= 0.6 is 0 Å². The number of ether oxygens (including phenoxy) is 3. The van der Waals surface area contributed by atoms with E-state index in [-0.39, 0.29) is 31.1 Å². The minimum absolute atomic E-state index is 0.0723. The molecule has 0 aromatic carbocycles. The maximum absolute atomic E-state index is 12.9. The van der Waals surface area contributed by atoms with Crippen molar-refractivity contribution in [2.24, 2.45) is 0 Å². The number of carbonyl (C=O) groups excluding carboxylic acids is 3. The maximum atomic E-state index is 12.9. The number of esters is 3. The fraction of sp³-hybridized carbons (Fsp3) is 0.795. The maximum Gasteiger partial charge on any atom is 0.306 e. The predicted octanol–water partition coefficient (Wildman–Crippen LogP) is 23.7. The molecule has 0 radical (unpaired) electrons. The molecule has 0 aromatic rings. The molecule has 0 fully saturated rings. The Labute approximate surface area is 491 Å². The van der Waals surface area contributed by atoms with Crippen molar-refractivity contribution in [1.29, 1.82) is 0 Å². The molecule has 0 amide bonds. The van der Waals surface area contributed by atoms with Crippen LogP contribution in [0.2, 0.25) is 0 Å². The molecule has 0 saturated carbocycles. The van der Waals surface area contributed by atoms with E-state index >= 15 is 0 Å². The lowest BCUT2D eigenvalue weighted by atomic mass is 10.0. The molecule has 0 aliphatic heterocycles. The van der Waals surface area contributed by atoms with Crippen LogP contribution in [0.1, 0.15) is 355 Å². The van der Waals surface area contributed by atoms with Crippen molar-refractivity contribution in [2.45, 2.75) is 361 Å². The van der Waals surface area contributed by atoms with Crippen LogP contribution in [0, 0.1) is 0 Å². The summed E-state index contributed by atoms with van der Waals surface area (Å²) in [6.45, 7) is 6.51. The van der Waals surface area contributed by atoms with Crippen molar-refractivity contribution in [1.82, 2.24) is 0 Å². The summed E-state index contributed by atoms with van der Waals surface area (Å²) in [6.07, 6.45) is 88.0. The highest BCUT2D eigenvalue weighted by molar-refractivity contribution is 5.71. The zero-order chi connectivity index (χ0) is 57.1. The van der Waals surface area contributed by atoms with Crippen LogP contribution in [0.25, 0.3) is 0 Å². The summed E-state index contributed by atoms with van der Waals surface area (Å²) in [5.74, 6) is -0.862. The van der Waals surface area contributed by atoms with Gasteiger partial charge in [-0.05, 0) is 83.5 Å². The van der Waals surface area contributed by atoms with Gasteiger partial charge in [0.05, 0.1) is 0 Å². The van der Waals surface area contributed by atoms with E-state index < -0.39 is 6.10 Å². The number of carbonyl (C=O) groups is 3. The molecule has 79 heavy (non-hydrogen) atoms. The summed E-state index contributed by atoms with van der Waals surface area (Å²) in [5.41, 5.74) is 0. The Morgan fingerprint density at radius 3 is 0.835 bits per heavy atom. The van der Waals surface area contributed by atoms with E-state index in [2.05, 4.69) is 93.7 Å². The van der Waals surface area contributed by atoms with Crippen molar-refractivity contribution >= 4 is 17.9 Å². The van der Waals surface area contributed by atoms with Crippen molar-refractivity contribution in [3.8, 4) is 0 Å². The van der Waals surface area contributed by atoms with Crippen LogP contribution in [0.15, 0.2) is 72.9 Å². The largest absolute Gasteiger partial charge is 0.462 e. The van der Waals surface area contributed by atoms with E-state index in [0.717, 1.165) is 103 Å². The third kappa shape index (κ3) is 65.5. The van der Waals surface area contributed by atoms with E-state index in [4.69, 9.17) is 14.2 Å². The van der Waals surface area contributed by atoms with Gasteiger partial charge in [-0.1, -0.05) is 325 Å². The van der Waals surface area contributed by atoms with Gasteiger partial charge in [-0.15, -0.1) is 0 Å². The summed E-state index contributed by atoms with van der Waals surface area (Å²) in [6, 6.07) is 0. The van der Waals surface area contributed by atoms with Crippen molar-refractivity contribution < 1.29 is 28.6 Å². The van der Waals surface area contributed by atoms with Gasteiger partial charge in [-0.25, -0.2) is 0 Å². The molecule has 1 atom stereocenters. The van der Waals surface area contributed by atoms with Crippen LogP contribution < -0.4 is 0 Å². The molecule has 6 heteroatoms. The lowest BCUT2D eigenvalue weighted by Gasteiger charge is -2.18. The molecule has 0 bridgehead atoms. The molecule has 0 spiro atoms. The van der Waals surface area contributed by atoms with Crippen LogP contribution in [-0.2, 0) is 28.6 Å². The number of rotatable bonds is 63. The molecular formula is C73H130O6. The molecule has 1 unspecified atom stereocenters. The first-order valence-electron chi connectivity index (χ1n) is 34.4. The van der Waals surface area contributed by atoms with Gasteiger partial charge in [0, 0.05) is 19.3 Å². The first-order valence-corrected chi connectivity index (χ1v) is 34.4. The second-order valence-corrected chi connectivity index (χ2v) is 23.1. The summed E-state index contributed by atoms with van der Waals surface area (Å²) in [7, 11) is 0. The highest BCUT2D eigenvalue weighted by Crippen LogP contribution is 2.18. The van der Waals surface area contributed by atoms with Gasteiger partial charge >= 0.3 is 17.9 Å². The molecule has 458 valence electrons. The standard InChI is InChI=1S/C73H130O6/c1-4-7-10-13-16-19-22-24-26-28-30-31-32-33-34-35-36-37-38-39-40-41-42-43-44-46-47-49-51-54-57-60-63-66-72(75)78-69-70(68-77-71(74)65-62-59-56-53-21-18-15-12-9-6-3)79-73(76)67-64-61-58-55-52-50-48-45-29-27-25-23-20-17-14-11-8-5-2/h7,10,12,15-16,19,24,26,30-31,33-34,70H,4-6,8-9,11,13-14,17-18,20-23,25,27-29,32,35-69H2,1-3H3/b10-7-,15-12-,19-16-,26-24-,31-30-,34-33-. The molecule has 0 heterocycles. The molecule has 0 aromatic heterocycles. The van der Waals surface area contributed by atoms with Gasteiger partial charge < -0.3 is 14.2 Å². The quantitative estimate of drug-likeness (QED) is 0.0261. The van der Waals surface area contributed by atoms with Gasteiger partial charge in [0.25, 0.3) is 0 Å². The van der Waals surface area contributed by atoms with Crippen molar-refractivity contribution in [2.75, 3.05) is 13.2 Å². The van der Waals surface area contributed by atoms with Gasteiger partial charge in [0.2, 0.25) is 0 Å². The first-order chi connectivity index (χ1) is 39.0. The molecular weight excluding hydrogens is 973 g/mol. The minimum Gasteiger partial charge on any atom is -0.462 e. The molecule has 0 N–H and O–H groups in total. The van der Waals surface area contributed by atoms with Gasteiger partial charge in [-0.2, -0.15) is 0 Å². The number of hydrogen-bond acceptors (Lipinski definition) is 6. The lowest BCUT2D eigenvalue weighted by molar-refractivity contribution is -0.167. The Morgan fingerprint density at radius 1 is 0.266 bits per heavy atom. The van der Waals surface area contributed by atoms with E-state index in [1.54, 1.807) is 0 Å². The fourth-order valence-electron chi connectivity index (χ4n) is 10.1. The molecule has 0 rings (SSSR count). The SMILES string of the molecule is CC/C=C\C/C=C\C/C=C\C/C=C\C/C=C\CCCCCCCCCCCCCCCCCCCC(=O)OCC(COC(=O)CCCCCCC/C=C\CCC)OC(=O)CCCCCCCCCCCCCCCCCCCC. The number of hydrogen-bond donors (Lipinski definition) is 0. The van der Waals surface area contributed by atoms with Crippen molar-refractivity contribution in [3.05, 3.63) is 72.9 Å². The second kappa shape index (κ2) is 67.4. The van der Waals surface area contributed by atoms with Crippen LogP contribution in [0.3, 0.4) is 0 Å². The zero-order valence-corrected chi connectivity index (χ0v) is 52.6. The Bertz CT molecular complexity index is 1450. The van der Waals surface area contributed by atoms with Gasteiger partial charge in [0.1, 0.15) is 13.2 Å². The summed E-state index contributed by atoms with van der Waals surface area (Å²) >= 11 is 0. The highest BCUT2D eigenvalue weighted by Gasteiger charge is 2.19. The van der Waals surface area contributed by atoms with Crippen LogP contribution in [0.5, 0.6) is 0 Å². The Balaban J connectivity index is 4.09. The first kappa shape index (κ1) is 75.8. The summed E-state index contributed by atoms with van der Waals surface area (Å²) in [5, 5.41) is 0. The fourth-order valence-corrected chi connectivity index (χ4v) is 10.1. The molecule has 0 saturated heterocycles. The molecule has 0 aliphatic carbocycles. The molecule has 6 nitrogen and oxygen atoms in total. The van der Waals surface area contributed by atoms with Gasteiger partial charge in [0.15, 0.2) is 6.10 Å². The third-order valence-electron chi connectivity index (χ3n) is 15.2. The average molecular weight is 1100 g/mol. The minimum atomic E-state index is -0.774.